The SMILES string of the molecule is COCC1=C(C(=O)OC)N2C(=O)C(N3C(=O)c4ccccc4C3=O)[C@H]2SC1. The number of hydrogen-bond donors (Lipinski definition) is 0. The first-order valence-electron chi connectivity index (χ1n) is 8.22. The smallest absolute Gasteiger partial charge is 0.354 e. The molecule has 0 spiro atoms. The lowest BCUT2D eigenvalue weighted by atomic mass is 10.0. The number of β-lactam (4-membered cyclic amide) rings is 1. The van der Waals surface area contributed by atoms with Crippen molar-refractivity contribution in [2.45, 2.75) is 11.4 Å². The molecule has 1 aromatic carbocycles. The van der Waals surface area contributed by atoms with Gasteiger partial charge in [0.15, 0.2) is 0 Å². The van der Waals surface area contributed by atoms with Gasteiger partial charge in [0.05, 0.1) is 24.8 Å². The minimum Gasteiger partial charge on any atom is -0.464 e. The zero-order valence-corrected chi connectivity index (χ0v) is 15.4. The number of rotatable bonds is 4. The Kier molecular flexibility index (Phi) is 4.27. The average Bonchev–Trinajstić information content (AvgIpc) is 2.93. The van der Waals surface area contributed by atoms with Gasteiger partial charge in [0.2, 0.25) is 0 Å². The fraction of sp³-hybridized carbons (Fsp3) is 0.333. The van der Waals surface area contributed by atoms with Gasteiger partial charge in [0.1, 0.15) is 17.1 Å². The van der Waals surface area contributed by atoms with E-state index in [1.807, 2.05) is 0 Å². The van der Waals surface area contributed by atoms with Crippen LogP contribution in [0.2, 0.25) is 0 Å². The number of hydrogen-bond acceptors (Lipinski definition) is 7. The molecule has 2 atom stereocenters. The Morgan fingerprint density at radius 2 is 1.74 bits per heavy atom. The van der Waals surface area contributed by atoms with E-state index in [1.54, 1.807) is 24.3 Å². The van der Waals surface area contributed by atoms with Crippen molar-refractivity contribution >= 4 is 35.5 Å². The normalized spacial score (nSPS) is 24.0. The van der Waals surface area contributed by atoms with Crippen LogP contribution < -0.4 is 0 Å². The van der Waals surface area contributed by atoms with Gasteiger partial charge in [0, 0.05) is 12.9 Å². The van der Waals surface area contributed by atoms with E-state index in [2.05, 4.69) is 0 Å². The van der Waals surface area contributed by atoms with E-state index in [0.29, 0.717) is 22.5 Å². The molecule has 140 valence electrons. The van der Waals surface area contributed by atoms with Crippen LogP contribution in [0.3, 0.4) is 0 Å². The summed E-state index contributed by atoms with van der Waals surface area (Å²) in [5.41, 5.74) is 1.36. The highest BCUT2D eigenvalue weighted by molar-refractivity contribution is 8.00. The number of benzene rings is 1. The van der Waals surface area contributed by atoms with Gasteiger partial charge in [-0.05, 0) is 17.7 Å². The summed E-state index contributed by atoms with van der Waals surface area (Å²) in [5.74, 6) is -1.65. The minimum absolute atomic E-state index is 0.140. The van der Waals surface area contributed by atoms with E-state index in [0.717, 1.165) is 4.90 Å². The number of imide groups is 1. The van der Waals surface area contributed by atoms with Crippen LogP contribution >= 0.6 is 11.8 Å². The summed E-state index contributed by atoms with van der Waals surface area (Å²) in [4.78, 5) is 52.8. The number of thioether (sulfide) groups is 1. The molecule has 27 heavy (non-hydrogen) atoms. The van der Waals surface area contributed by atoms with Crippen LogP contribution in [0.1, 0.15) is 20.7 Å². The third-order valence-electron chi connectivity index (χ3n) is 4.82. The van der Waals surface area contributed by atoms with Crippen LogP contribution in [-0.2, 0) is 19.1 Å². The first kappa shape index (κ1) is 17.7. The number of methoxy groups -OCH3 is 2. The fourth-order valence-electron chi connectivity index (χ4n) is 3.60. The number of nitrogens with zero attached hydrogens (tertiary/aromatic N) is 2. The number of fused-ring (bicyclic) bond motifs is 2. The van der Waals surface area contributed by atoms with Crippen LogP contribution in [-0.4, -0.2) is 71.5 Å². The van der Waals surface area contributed by atoms with Gasteiger partial charge >= 0.3 is 5.97 Å². The largest absolute Gasteiger partial charge is 0.464 e. The predicted octanol–water partition coefficient (Wildman–Crippen LogP) is 0.640. The summed E-state index contributed by atoms with van der Waals surface area (Å²) >= 11 is 1.39. The predicted molar refractivity (Wildman–Crippen MR) is 94.7 cm³/mol. The number of ether oxygens (including phenoxy) is 2. The Labute approximate surface area is 159 Å². The summed E-state index contributed by atoms with van der Waals surface area (Å²) in [5, 5.41) is -0.519. The van der Waals surface area contributed by atoms with Crippen LogP contribution in [0, 0.1) is 0 Å². The molecule has 8 nitrogen and oxygen atoms in total. The second-order valence-electron chi connectivity index (χ2n) is 6.26. The molecule has 0 aromatic heterocycles. The van der Waals surface area contributed by atoms with Gasteiger partial charge in [-0.2, -0.15) is 0 Å². The number of esters is 1. The van der Waals surface area contributed by atoms with Crippen LogP contribution in [0.25, 0.3) is 0 Å². The molecule has 9 heteroatoms. The maximum Gasteiger partial charge on any atom is 0.354 e. The van der Waals surface area contributed by atoms with Crippen molar-refractivity contribution in [3.8, 4) is 0 Å². The molecular weight excluding hydrogens is 372 g/mol. The van der Waals surface area contributed by atoms with Crippen LogP contribution in [0.15, 0.2) is 35.5 Å². The molecule has 0 bridgehead atoms. The van der Waals surface area contributed by atoms with Gasteiger partial charge in [-0.25, -0.2) is 4.79 Å². The highest BCUT2D eigenvalue weighted by atomic mass is 32.2. The molecule has 1 saturated heterocycles. The Bertz CT molecular complexity index is 876. The molecule has 1 unspecified atom stereocenters. The lowest BCUT2D eigenvalue weighted by Gasteiger charge is -2.51. The molecule has 0 N–H and O–H groups in total. The molecule has 0 radical (unpaired) electrons. The highest BCUT2D eigenvalue weighted by Crippen LogP contribution is 2.44. The number of carbonyl (C=O) groups is 4. The molecule has 0 aliphatic carbocycles. The van der Waals surface area contributed by atoms with Gasteiger partial charge in [0.25, 0.3) is 17.7 Å². The Morgan fingerprint density at radius 1 is 1.11 bits per heavy atom. The molecule has 3 aliphatic heterocycles. The van der Waals surface area contributed by atoms with E-state index in [4.69, 9.17) is 9.47 Å². The summed E-state index contributed by atoms with van der Waals surface area (Å²) in [6.45, 7) is 0.186. The zero-order chi connectivity index (χ0) is 19.3. The molecular formula is C18H16N2O6S. The second kappa shape index (κ2) is 6.50. The van der Waals surface area contributed by atoms with E-state index in [9.17, 15) is 19.2 Å². The minimum atomic E-state index is -0.939. The summed E-state index contributed by atoms with van der Waals surface area (Å²) < 4.78 is 9.93. The van der Waals surface area contributed by atoms with Crippen molar-refractivity contribution in [3.05, 3.63) is 46.7 Å². The molecule has 1 fully saturated rings. The van der Waals surface area contributed by atoms with Gasteiger partial charge in [-0.3, -0.25) is 24.2 Å². The van der Waals surface area contributed by atoms with E-state index in [1.165, 1.54) is 30.9 Å². The standard InChI is InChI=1S/C18H16N2O6S/c1-25-7-9-8-27-17-13(16(23)20(17)12(9)18(24)26-2)19-14(21)10-5-3-4-6-11(10)15(19)22/h3-6,13,17H,7-8H2,1-2H3/t13?,17-/m1/s1. The molecule has 3 aliphatic rings. The van der Waals surface area contributed by atoms with Crippen molar-refractivity contribution in [1.29, 1.82) is 0 Å². The average molecular weight is 388 g/mol. The quantitative estimate of drug-likeness (QED) is 0.424. The van der Waals surface area contributed by atoms with Gasteiger partial charge in [-0.1, -0.05) is 12.1 Å². The van der Waals surface area contributed by atoms with E-state index in [-0.39, 0.29) is 12.3 Å². The first-order chi connectivity index (χ1) is 13.0. The van der Waals surface area contributed by atoms with Crippen molar-refractivity contribution in [1.82, 2.24) is 9.80 Å². The molecule has 3 heterocycles. The van der Waals surface area contributed by atoms with E-state index >= 15 is 0 Å². The maximum absolute atomic E-state index is 12.9. The Hall–Kier alpha value is -2.65. The van der Waals surface area contributed by atoms with Crippen LogP contribution in [0.5, 0.6) is 0 Å². The van der Waals surface area contributed by atoms with Gasteiger partial charge in [-0.15, -0.1) is 11.8 Å². The maximum atomic E-state index is 12.9. The van der Waals surface area contributed by atoms with Crippen molar-refractivity contribution in [2.24, 2.45) is 0 Å². The number of carbonyl (C=O) groups excluding carboxylic acids is 4. The Balaban J connectivity index is 1.67. The summed E-state index contributed by atoms with van der Waals surface area (Å²) in [7, 11) is 2.74. The molecule has 4 rings (SSSR count). The van der Waals surface area contributed by atoms with Crippen molar-refractivity contribution in [3.63, 3.8) is 0 Å². The van der Waals surface area contributed by atoms with Crippen LogP contribution in [0.4, 0.5) is 0 Å². The monoisotopic (exact) mass is 388 g/mol. The third kappa shape index (κ3) is 2.42. The zero-order valence-electron chi connectivity index (χ0n) is 14.6. The highest BCUT2D eigenvalue weighted by Gasteiger charge is 2.60. The summed E-state index contributed by atoms with van der Waals surface area (Å²) in [6.07, 6.45) is 0. The number of amides is 3. The van der Waals surface area contributed by atoms with Crippen molar-refractivity contribution < 1.29 is 28.7 Å². The summed E-state index contributed by atoms with van der Waals surface area (Å²) in [6, 6.07) is 5.55. The van der Waals surface area contributed by atoms with E-state index < -0.39 is 35.1 Å². The fourth-order valence-corrected chi connectivity index (χ4v) is 4.97. The topological polar surface area (TPSA) is 93.2 Å². The lowest BCUT2D eigenvalue weighted by molar-refractivity contribution is -0.153. The third-order valence-corrected chi connectivity index (χ3v) is 6.15. The molecule has 0 saturated carbocycles. The Morgan fingerprint density at radius 3 is 2.30 bits per heavy atom. The first-order valence-corrected chi connectivity index (χ1v) is 9.27. The van der Waals surface area contributed by atoms with Gasteiger partial charge < -0.3 is 9.47 Å². The lowest BCUT2D eigenvalue weighted by Crippen LogP contribution is -2.71. The molecule has 1 aromatic rings. The van der Waals surface area contributed by atoms with Crippen molar-refractivity contribution in [2.75, 3.05) is 26.6 Å². The second-order valence-corrected chi connectivity index (χ2v) is 7.36. The molecule has 3 amide bonds.